The molecule has 0 saturated carbocycles. The lowest BCUT2D eigenvalue weighted by atomic mass is 10.1. The molecule has 1 rings (SSSR count). The number of carbonyl (C=O) groups excluding carboxylic acids is 1. The first kappa shape index (κ1) is 15.0. The Bertz CT molecular complexity index is 526. The van der Waals surface area contributed by atoms with E-state index < -0.39 is 15.9 Å². The summed E-state index contributed by atoms with van der Waals surface area (Å²) >= 11 is 5.79. The molecule has 0 saturated heterocycles. The average Bonchev–Trinajstić information content (AvgIpc) is 2.26. The van der Waals surface area contributed by atoms with Crippen molar-refractivity contribution in [2.24, 2.45) is 5.92 Å². The van der Waals surface area contributed by atoms with E-state index in [9.17, 15) is 13.2 Å². The molecule has 0 aliphatic heterocycles. The van der Waals surface area contributed by atoms with Gasteiger partial charge in [0.25, 0.3) is 10.0 Å². The zero-order valence-electron chi connectivity index (χ0n) is 10.3. The maximum Gasteiger partial charge on any atom is 0.265 e. The molecule has 0 aliphatic carbocycles. The van der Waals surface area contributed by atoms with Crippen molar-refractivity contribution < 1.29 is 13.2 Å². The molecule has 0 radical (unpaired) electrons. The minimum Gasteiger partial charge on any atom is -0.274 e. The van der Waals surface area contributed by atoms with Crippen LogP contribution >= 0.6 is 11.6 Å². The van der Waals surface area contributed by atoms with E-state index in [0.717, 1.165) is 0 Å². The van der Waals surface area contributed by atoms with Crippen LogP contribution in [0.2, 0.25) is 5.02 Å². The smallest absolute Gasteiger partial charge is 0.265 e. The number of rotatable bonds is 5. The molecule has 1 amide bonds. The molecular formula is C12H16ClNO3S. The van der Waals surface area contributed by atoms with Crippen LogP contribution in [0.3, 0.4) is 0 Å². The van der Waals surface area contributed by atoms with Crippen molar-refractivity contribution in [3.05, 3.63) is 29.3 Å². The molecule has 4 nitrogen and oxygen atoms in total. The van der Waals surface area contributed by atoms with Crippen molar-refractivity contribution in [2.75, 3.05) is 0 Å². The zero-order valence-corrected chi connectivity index (χ0v) is 11.9. The molecule has 6 heteroatoms. The number of hydrogen-bond acceptors (Lipinski definition) is 3. The van der Waals surface area contributed by atoms with E-state index in [1.54, 1.807) is 12.1 Å². The van der Waals surface area contributed by atoms with Gasteiger partial charge < -0.3 is 0 Å². The van der Waals surface area contributed by atoms with Gasteiger partial charge in [-0.3, -0.25) is 4.79 Å². The van der Waals surface area contributed by atoms with E-state index in [0.29, 0.717) is 12.3 Å². The summed E-state index contributed by atoms with van der Waals surface area (Å²) in [4.78, 5) is 11.4. The minimum absolute atomic E-state index is 0.0791. The van der Waals surface area contributed by atoms with E-state index in [2.05, 4.69) is 0 Å². The Morgan fingerprint density at radius 1 is 1.33 bits per heavy atom. The molecule has 18 heavy (non-hydrogen) atoms. The molecular weight excluding hydrogens is 274 g/mol. The highest BCUT2D eigenvalue weighted by molar-refractivity contribution is 7.90. The second kappa shape index (κ2) is 6.20. The van der Waals surface area contributed by atoms with Gasteiger partial charge in [0.15, 0.2) is 0 Å². The third-order valence-electron chi connectivity index (χ3n) is 2.32. The fourth-order valence-corrected chi connectivity index (χ4v) is 2.87. The van der Waals surface area contributed by atoms with Crippen molar-refractivity contribution in [2.45, 2.75) is 31.6 Å². The first-order chi connectivity index (χ1) is 8.33. The number of benzene rings is 1. The lowest BCUT2D eigenvalue weighted by molar-refractivity contribution is -0.119. The maximum atomic E-state index is 11.9. The fourth-order valence-electron chi connectivity index (χ4n) is 1.34. The Morgan fingerprint density at radius 2 is 1.94 bits per heavy atom. The Hall–Kier alpha value is -1.07. The molecule has 1 N–H and O–H groups in total. The first-order valence-corrected chi connectivity index (χ1v) is 7.49. The van der Waals surface area contributed by atoms with Crippen molar-refractivity contribution in [1.29, 1.82) is 0 Å². The van der Waals surface area contributed by atoms with Crippen molar-refractivity contribution in [3.8, 4) is 0 Å². The van der Waals surface area contributed by atoms with E-state index in [1.165, 1.54) is 12.1 Å². The highest BCUT2D eigenvalue weighted by atomic mass is 35.5. The Labute approximate surface area is 112 Å². The van der Waals surface area contributed by atoms with Crippen LogP contribution in [0.1, 0.15) is 26.7 Å². The quantitative estimate of drug-likeness (QED) is 0.906. The summed E-state index contributed by atoms with van der Waals surface area (Å²) in [5, 5.41) is 0.0988. The van der Waals surface area contributed by atoms with Crippen molar-refractivity contribution in [3.63, 3.8) is 0 Å². The molecule has 0 bridgehead atoms. The molecule has 0 heterocycles. The zero-order chi connectivity index (χ0) is 13.8. The van der Waals surface area contributed by atoms with Crippen LogP contribution < -0.4 is 4.72 Å². The first-order valence-electron chi connectivity index (χ1n) is 5.63. The van der Waals surface area contributed by atoms with Crippen molar-refractivity contribution >= 4 is 27.5 Å². The van der Waals surface area contributed by atoms with Gasteiger partial charge in [-0.15, -0.1) is 0 Å². The molecule has 1 aromatic rings. The predicted molar refractivity (Wildman–Crippen MR) is 70.9 cm³/mol. The summed E-state index contributed by atoms with van der Waals surface area (Å²) in [5.41, 5.74) is 0. The largest absolute Gasteiger partial charge is 0.274 e. The van der Waals surface area contributed by atoms with Crippen LogP contribution in [0.25, 0.3) is 0 Å². The Kier molecular flexibility index (Phi) is 5.16. The van der Waals surface area contributed by atoms with Gasteiger partial charge in [-0.2, -0.15) is 0 Å². The van der Waals surface area contributed by atoms with Gasteiger partial charge in [-0.25, -0.2) is 13.1 Å². The maximum absolute atomic E-state index is 11.9. The summed E-state index contributed by atoms with van der Waals surface area (Å²) in [6, 6.07) is 6.01. The van der Waals surface area contributed by atoms with Crippen molar-refractivity contribution in [1.82, 2.24) is 4.72 Å². The molecule has 0 unspecified atom stereocenters. The Balaban J connectivity index is 2.77. The summed E-state index contributed by atoms with van der Waals surface area (Å²) in [5.74, 6) is -0.164. The molecule has 0 spiro atoms. The highest BCUT2D eigenvalue weighted by Gasteiger charge is 2.20. The summed E-state index contributed by atoms with van der Waals surface area (Å²) in [6.07, 6.45) is 0.825. The Morgan fingerprint density at radius 3 is 2.50 bits per heavy atom. The van der Waals surface area contributed by atoms with Crippen LogP contribution in [0.5, 0.6) is 0 Å². The lowest BCUT2D eigenvalue weighted by Gasteiger charge is -2.09. The van der Waals surface area contributed by atoms with Crippen LogP contribution in [0.4, 0.5) is 0 Å². The van der Waals surface area contributed by atoms with Gasteiger partial charge in [0.2, 0.25) is 5.91 Å². The SMILES string of the molecule is CC(C)CCC(=O)NS(=O)(=O)c1ccccc1Cl. The molecule has 0 aliphatic rings. The van der Waals surface area contributed by atoms with E-state index in [1.807, 2.05) is 18.6 Å². The number of amides is 1. The second-order valence-corrected chi connectivity index (χ2v) is 6.45. The van der Waals surface area contributed by atoms with Crippen LogP contribution in [-0.4, -0.2) is 14.3 Å². The second-order valence-electron chi connectivity index (χ2n) is 4.39. The van der Waals surface area contributed by atoms with Gasteiger partial charge in [0.1, 0.15) is 4.90 Å². The summed E-state index contributed by atoms with van der Waals surface area (Å²) in [7, 11) is -3.87. The summed E-state index contributed by atoms with van der Waals surface area (Å²) in [6.45, 7) is 3.94. The van der Waals surface area contributed by atoms with Crippen LogP contribution in [0, 0.1) is 5.92 Å². The average molecular weight is 290 g/mol. The van der Waals surface area contributed by atoms with Crippen LogP contribution in [-0.2, 0) is 14.8 Å². The molecule has 0 fully saturated rings. The topological polar surface area (TPSA) is 63.2 Å². The molecule has 0 aromatic heterocycles. The van der Waals surface area contributed by atoms with E-state index in [-0.39, 0.29) is 16.3 Å². The van der Waals surface area contributed by atoms with Crippen LogP contribution in [0.15, 0.2) is 29.2 Å². The number of nitrogens with one attached hydrogen (secondary N) is 1. The highest BCUT2D eigenvalue weighted by Crippen LogP contribution is 2.20. The molecule has 100 valence electrons. The number of carbonyl (C=O) groups is 1. The van der Waals surface area contributed by atoms with Gasteiger partial charge in [0.05, 0.1) is 5.02 Å². The summed E-state index contributed by atoms with van der Waals surface area (Å²) < 4.78 is 25.8. The van der Waals surface area contributed by atoms with Gasteiger partial charge in [-0.1, -0.05) is 37.6 Å². The molecule has 0 atom stereocenters. The minimum atomic E-state index is -3.87. The standard InChI is InChI=1S/C12H16ClNO3S/c1-9(2)7-8-12(15)14-18(16,17)11-6-4-3-5-10(11)13/h3-6,9H,7-8H2,1-2H3,(H,14,15). The monoisotopic (exact) mass is 289 g/mol. The van der Waals surface area contributed by atoms with Gasteiger partial charge in [0, 0.05) is 6.42 Å². The number of halogens is 1. The number of sulfonamides is 1. The number of hydrogen-bond donors (Lipinski definition) is 1. The normalized spacial score (nSPS) is 11.6. The van der Waals surface area contributed by atoms with E-state index in [4.69, 9.17) is 11.6 Å². The van der Waals surface area contributed by atoms with Gasteiger partial charge >= 0.3 is 0 Å². The lowest BCUT2D eigenvalue weighted by Crippen LogP contribution is -2.30. The molecule has 1 aromatic carbocycles. The third-order valence-corrected chi connectivity index (χ3v) is 4.20. The van der Waals surface area contributed by atoms with E-state index >= 15 is 0 Å². The van der Waals surface area contributed by atoms with Gasteiger partial charge in [-0.05, 0) is 24.5 Å². The fraction of sp³-hybridized carbons (Fsp3) is 0.417. The third kappa shape index (κ3) is 4.31. The predicted octanol–water partition coefficient (Wildman–Crippen LogP) is 2.58.